The fraction of sp³-hybridized carbons (Fsp3) is 0.455. The van der Waals surface area contributed by atoms with E-state index < -0.39 is 18.5 Å². The van der Waals surface area contributed by atoms with Crippen LogP contribution in [-0.2, 0) is 19.0 Å². The normalized spacial score (nSPS) is 21.9. The first-order valence-corrected chi connectivity index (χ1v) is 6.76. The van der Waals surface area contributed by atoms with E-state index in [4.69, 9.17) is 37.4 Å². The number of ether oxygens (including phenoxy) is 3. The van der Waals surface area contributed by atoms with Crippen LogP contribution in [0.2, 0.25) is 10.4 Å². The van der Waals surface area contributed by atoms with Gasteiger partial charge in [0.15, 0.2) is 23.3 Å². The number of aromatic nitrogens is 4. The van der Waals surface area contributed by atoms with Crippen LogP contribution >= 0.6 is 23.2 Å². The lowest BCUT2D eigenvalue weighted by molar-refractivity contribution is -0.156. The zero-order valence-electron chi connectivity index (χ0n) is 10.8. The van der Waals surface area contributed by atoms with Crippen LogP contribution in [0.3, 0.4) is 0 Å². The van der Waals surface area contributed by atoms with E-state index in [1.165, 1.54) is 13.3 Å². The Labute approximate surface area is 128 Å². The molecule has 10 heteroatoms. The molecule has 1 saturated heterocycles. The number of carbonyl (C=O) groups excluding carboxylic acids is 1. The van der Waals surface area contributed by atoms with E-state index >= 15 is 0 Å². The molecule has 8 nitrogen and oxygen atoms in total. The van der Waals surface area contributed by atoms with Gasteiger partial charge in [0.05, 0.1) is 12.9 Å². The first-order valence-electron chi connectivity index (χ1n) is 6.00. The van der Waals surface area contributed by atoms with Gasteiger partial charge in [-0.2, -0.15) is 4.98 Å². The van der Waals surface area contributed by atoms with Crippen molar-refractivity contribution in [1.82, 2.24) is 19.5 Å². The number of hydrogen-bond donors (Lipinski definition) is 0. The first kappa shape index (κ1) is 14.5. The molecule has 1 fully saturated rings. The average Bonchev–Trinajstić information content (AvgIpc) is 3.02. The second-order valence-electron chi connectivity index (χ2n) is 4.26. The highest BCUT2D eigenvalue weighted by Crippen LogP contribution is 2.27. The van der Waals surface area contributed by atoms with E-state index in [1.807, 2.05) is 0 Å². The van der Waals surface area contributed by atoms with Crippen molar-refractivity contribution >= 4 is 40.3 Å². The molecule has 112 valence electrons. The van der Waals surface area contributed by atoms with Crippen LogP contribution in [0.1, 0.15) is 13.2 Å². The molecular weight excluding hydrogens is 323 g/mol. The van der Waals surface area contributed by atoms with E-state index in [9.17, 15) is 4.79 Å². The minimum absolute atomic E-state index is 0.0182. The topological polar surface area (TPSA) is 88.4 Å². The van der Waals surface area contributed by atoms with Crippen LogP contribution in [0.4, 0.5) is 0 Å². The summed E-state index contributed by atoms with van der Waals surface area (Å²) in [7, 11) is 0. The molecule has 1 unspecified atom stereocenters. The second kappa shape index (κ2) is 5.72. The van der Waals surface area contributed by atoms with E-state index in [2.05, 4.69) is 15.0 Å². The lowest BCUT2D eigenvalue weighted by Gasteiger charge is -2.12. The van der Waals surface area contributed by atoms with Gasteiger partial charge in [0, 0.05) is 6.92 Å². The summed E-state index contributed by atoms with van der Waals surface area (Å²) in [5.41, 5.74) is 0.870. The highest BCUT2D eigenvalue weighted by Gasteiger charge is 2.30. The number of rotatable bonds is 3. The largest absolute Gasteiger partial charge is 0.460 e. The summed E-state index contributed by atoms with van der Waals surface area (Å²) in [6, 6.07) is 0. The van der Waals surface area contributed by atoms with Gasteiger partial charge in [0.25, 0.3) is 0 Å². The molecule has 2 aromatic rings. The van der Waals surface area contributed by atoms with Crippen LogP contribution in [0.5, 0.6) is 0 Å². The van der Waals surface area contributed by atoms with Crippen molar-refractivity contribution in [2.45, 2.75) is 19.4 Å². The van der Waals surface area contributed by atoms with Gasteiger partial charge in [-0.1, -0.05) is 11.6 Å². The number of imidazole rings is 1. The van der Waals surface area contributed by atoms with Gasteiger partial charge in [0.2, 0.25) is 5.28 Å². The van der Waals surface area contributed by atoms with Gasteiger partial charge >= 0.3 is 5.97 Å². The molecular formula is C11H10Cl2N4O4. The van der Waals surface area contributed by atoms with Crippen molar-refractivity contribution in [3.8, 4) is 0 Å². The third-order valence-electron chi connectivity index (χ3n) is 2.82. The lowest BCUT2D eigenvalue weighted by Crippen LogP contribution is -2.19. The molecule has 0 N–H and O–H groups in total. The van der Waals surface area contributed by atoms with Gasteiger partial charge in [-0.25, -0.2) is 9.97 Å². The van der Waals surface area contributed by atoms with Crippen LogP contribution in [0.25, 0.3) is 11.2 Å². The fourth-order valence-corrected chi connectivity index (χ4v) is 2.35. The standard InChI is InChI=1S/C11H10Cl2N4O4/c1-5(18)19-3-7-20-2-6(21-7)17-4-14-8-9(12)15-11(13)16-10(8)17/h4,6-7H,2-3H2,1H3/t6?,7-/m1/s1. The summed E-state index contributed by atoms with van der Waals surface area (Å²) < 4.78 is 17.5. The van der Waals surface area contributed by atoms with Crippen LogP contribution in [0, 0.1) is 0 Å². The van der Waals surface area contributed by atoms with Crippen molar-refractivity contribution < 1.29 is 19.0 Å². The Morgan fingerprint density at radius 1 is 1.52 bits per heavy atom. The van der Waals surface area contributed by atoms with Crippen LogP contribution in [-0.4, -0.2) is 45.0 Å². The predicted molar refractivity (Wildman–Crippen MR) is 71.8 cm³/mol. The highest BCUT2D eigenvalue weighted by molar-refractivity contribution is 6.35. The molecule has 3 rings (SSSR count). The van der Waals surface area contributed by atoms with Gasteiger partial charge < -0.3 is 14.2 Å². The Balaban J connectivity index is 1.81. The number of hydrogen-bond acceptors (Lipinski definition) is 7. The highest BCUT2D eigenvalue weighted by atomic mass is 35.5. The summed E-state index contributed by atoms with van der Waals surface area (Å²) in [6.07, 6.45) is 0.422. The summed E-state index contributed by atoms with van der Waals surface area (Å²) in [6.45, 7) is 1.60. The Hall–Kier alpha value is -1.48. The average molecular weight is 333 g/mol. The molecule has 1 aliphatic heterocycles. The van der Waals surface area contributed by atoms with Crippen molar-refractivity contribution in [2.24, 2.45) is 0 Å². The number of carbonyl (C=O) groups is 1. The third-order valence-corrected chi connectivity index (χ3v) is 3.25. The Kier molecular flexibility index (Phi) is 3.94. The third kappa shape index (κ3) is 2.93. The van der Waals surface area contributed by atoms with Crippen LogP contribution in [0.15, 0.2) is 6.33 Å². The fourth-order valence-electron chi connectivity index (χ4n) is 1.93. The molecule has 21 heavy (non-hydrogen) atoms. The van der Waals surface area contributed by atoms with Gasteiger partial charge in [-0.15, -0.1) is 0 Å². The Morgan fingerprint density at radius 2 is 2.33 bits per heavy atom. The summed E-state index contributed by atoms with van der Waals surface area (Å²) in [5.74, 6) is -0.398. The summed E-state index contributed by atoms with van der Waals surface area (Å²) in [4.78, 5) is 22.8. The van der Waals surface area contributed by atoms with Gasteiger partial charge in [0.1, 0.15) is 12.1 Å². The predicted octanol–water partition coefficient (Wildman–Crippen LogP) is 1.57. The smallest absolute Gasteiger partial charge is 0.302 e. The molecule has 2 atom stereocenters. The summed E-state index contributed by atoms with van der Waals surface area (Å²) >= 11 is 11.8. The SMILES string of the molecule is CC(=O)OC[C@@H]1OCC(n2cnc3c(Cl)nc(Cl)nc32)O1. The monoisotopic (exact) mass is 332 g/mol. The number of nitrogens with zero attached hydrogens (tertiary/aromatic N) is 4. The van der Waals surface area contributed by atoms with E-state index in [-0.39, 0.29) is 23.7 Å². The van der Waals surface area contributed by atoms with Crippen molar-refractivity contribution in [3.63, 3.8) is 0 Å². The molecule has 0 aliphatic carbocycles. The van der Waals surface area contributed by atoms with E-state index in [0.717, 1.165) is 0 Å². The Bertz CT molecular complexity index is 692. The zero-order chi connectivity index (χ0) is 15.0. The minimum Gasteiger partial charge on any atom is -0.460 e. The maximum absolute atomic E-state index is 10.8. The number of fused-ring (bicyclic) bond motifs is 1. The van der Waals surface area contributed by atoms with E-state index in [0.29, 0.717) is 11.2 Å². The Morgan fingerprint density at radius 3 is 3.10 bits per heavy atom. The van der Waals surface area contributed by atoms with Crippen molar-refractivity contribution in [3.05, 3.63) is 16.8 Å². The molecule has 0 radical (unpaired) electrons. The second-order valence-corrected chi connectivity index (χ2v) is 4.96. The van der Waals surface area contributed by atoms with Crippen LogP contribution < -0.4 is 0 Å². The minimum atomic E-state index is -0.635. The maximum atomic E-state index is 10.8. The number of esters is 1. The molecule has 0 aromatic carbocycles. The molecule has 0 saturated carbocycles. The molecule has 1 aliphatic rings. The van der Waals surface area contributed by atoms with Crippen molar-refractivity contribution in [1.29, 1.82) is 0 Å². The quantitative estimate of drug-likeness (QED) is 0.478. The van der Waals surface area contributed by atoms with Gasteiger partial charge in [-0.3, -0.25) is 9.36 Å². The molecule has 0 amide bonds. The number of halogens is 2. The van der Waals surface area contributed by atoms with Gasteiger partial charge in [-0.05, 0) is 11.6 Å². The van der Waals surface area contributed by atoms with Crippen molar-refractivity contribution in [2.75, 3.05) is 13.2 Å². The zero-order valence-corrected chi connectivity index (χ0v) is 12.3. The molecule has 2 aromatic heterocycles. The lowest BCUT2D eigenvalue weighted by atomic mass is 10.5. The first-order chi connectivity index (χ1) is 10.0. The molecule has 0 spiro atoms. The molecule has 0 bridgehead atoms. The summed E-state index contributed by atoms with van der Waals surface area (Å²) in [5, 5.41) is 0.184. The molecule has 3 heterocycles. The maximum Gasteiger partial charge on any atom is 0.302 e. The van der Waals surface area contributed by atoms with E-state index in [1.54, 1.807) is 4.57 Å².